The zero-order valence-electron chi connectivity index (χ0n) is 18.4. The molecule has 2 aromatic carbocycles. The summed E-state index contributed by atoms with van der Waals surface area (Å²) < 4.78 is 8.03. The van der Waals surface area contributed by atoms with Gasteiger partial charge in [-0.25, -0.2) is 5.48 Å². The molecule has 5 rings (SSSR count). The Balaban J connectivity index is 1.25. The Kier molecular flexibility index (Phi) is 6.09. The lowest BCUT2D eigenvalue weighted by atomic mass is 10.0. The molecule has 1 aliphatic rings. The van der Waals surface area contributed by atoms with E-state index >= 15 is 0 Å². The summed E-state index contributed by atoms with van der Waals surface area (Å²) in [7, 11) is 0. The lowest BCUT2D eigenvalue weighted by Gasteiger charge is -2.41. The number of anilines is 1. The lowest BCUT2D eigenvalue weighted by Crippen LogP contribution is -2.54. The molecule has 7 nitrogen and oxygen atoms in total. The van der Waals surface area contributed by atoms with Crippen LogP contribution in [0.25, 0.3) is 17.8 Å². The number of carbonyl (C=O) groups excluding carboxylic acids is 1. The second kappa shape index (κ2) is 9.64. The van der Waals surface area contributed by atoms with Crippen LogP contribution in [-0.2, 0) is 0 Å². The van der Waals surface area contributed by atoms with Gasteiger partial charge in [0.2, 0.25) is 0 Å². The number of aromatic nitrogens is 2. The van der Waals surface area contributed by atoms with E-state index in [0.717, 1.165) is 28.3 Å². The summed E-state index contributed by atoms with van der Waals surface area (Å²) in [5.74, 6) is 0.277. The molecule has 1 fully saturated rings. The first-order valence-corrected chi connectivity index (χ1v) is 11.0. The molecule has 0 atom stereocenters. The van der Waals surface area contributed by atoms with E-state index in [9.17, 15) is 10.0 Å². The summed E-state index contributed by atoms with van der Waals surface area (Å²) in [5, 5.41) is 9.18. The minimum absolute atomic E-state index is 0.0459. The molecule has 170 valence electrons. The Morgan fingerprint density at radius 2 is 1.74 bits per heavy atom. The monoisotopic (exact) mass is 452 g/mol. The maximum atomic E-state index is 12.2. The van der Waals surface area contributed by atoms with Gasteiger partial charge in [-0.05, 0) is 53.6 Å². The van der Waals surface area contributed by atoms with Gasteiger partial charge in [-0.2, -0.15) is 0 Å². The fraction of sp³-hybridized carbons (Fsp3) is 0.111. The number of pyridine rings is 1. The third-order valence-corrected chi connectivity index (χ3v) is 5.75. The second-order valence-corrected chi connectivity index (χ2v) is 8.04. The highest BCUT2D eigenvalue weighted by Crippen LogP contribution is 2.32. The maximum absolute atomic E-state index is 12.2. The van der Waals surface area contributed by atoms with Crippen molar-refractivity contribution >= 4 is 23.7 Å². The van der Waals surface area contributed by atoms with Crippen LogP contribution >= 0.6 is 0 Å². The number of rotatable bonds is 7. The van der Waals surface area contributed by atoms with Gasteiger partial charge in [0.05, 0.1) is 30.0 Å². The standard InChI is InChI=1S/C27H24N4O3/c32-27(29-33)24-6-3-7-25(26(24)30-15-1-2-16-30)31-18-23(19-31)34-22-12-10-20(11-13-22)8-9-21-5-4-14-28-17-21/h1-17,23,33H,18-19H2,(H,29,32). The molecular formula is C27H24N4O3. The van der Waals surface area contributed by atoms with Crippen molar-refractivity contribution in [3.05, 3.63) is 108 Å². The van der Waals surface area contributed by atoms with Gasteiger partial charge < -0.3 is 14.2 Å². The fourth-order valence-corrected chi connectivity index (χ4v) is 4.01. The molecule has 0 bridgehead atoms. The van der Waals surface area contributed by atoms with Crippen LogP contribution in [0.1, 0.15) is 21.5 Å². The zero-order valence-corrected chi connectivity index (χ0v) is 18.4. The summed E-state index contributed by atoms with van der Waals surface area (Å²) in [6.07, 6.45) is 11.5. The fourth-order valence-electron chi connectivity index (χ4n) is 4.01. The number of amides is 1. The summed E-state index contributed by atoms with van der Waals surface area (Å²) >= 11 is 0. The molecule has 1 amide bonds. The summed E-state index contributed by atoms with van der Waals surface area (Å²) in [5.41, 5.74) is 5.92. The molecule has 1 saturated heterocycles. The number of ether oxygens (including phenoxy) is 1. The van der Waals surface area contributed by atoms with Crippen molar-refractivity contribution in [3.8, 4) is 11.4 Å². The molecule has 0 spiro atoms. The van der Waals surface area contributed by atoms with Gasteiger partial charge in [-0.15, -0.1) is 0 Å². The van der Waals surface area contributed by atoms with E-state index in [4.69, 9.17) is 4.74 Å². The summed E-state index contributed by atoms with van der Waals surface area (Å²) in [6, 6.07) is 21.2. The van der Waals surface area contributed by atoms with Crippen LogP contribution in [0.2, 0.25) is 0 Å². The van der Waals surface area contributed by atoms with Crippen molar-refractivity contribution in [2.45, 2.75) is 6.10 Å². The molecule has 4 aromatic rings. The average molecular weight is 453 g/mol. The molecular weight excluding hydrogens is 428 g/mol. The molecule has 3 heterocycles. The number of nitrogens with one attached hydrogen (secondary N) is 1. The number of carbonyl (C=O) groups is 1. The van der Waals surface area contributed by atoms with Crippen LogP contribution in [0, 0.1) is 0 Å². The van der Waals surface area contributed by atoms with Gasteiger partial charge in [0.1, 0.15) is 11.9 Å². The third-order valence-electron chi connectivity index (χ3n) is 5.75. The van der Waals surface area contributed by atoms with Crippen molar-refractivity contribution < 1.29 is 14.7 Å². The molecule has 0 radical (unpaired) electrons. The van der Waals surface area contributed by atoms with Crippen molar-refractivity contribution in [2.75, 3.05) is 18.0 Å². The quantitative estimate of drug-likeness (QED) is 0.320. The van der Waals surface area contributed by atoms with Crippen molar-refractivity contribution in [2.24, 2.45) is 0 Å². The van der Waals surface area contributed by atoms with Gasteiger partial charge in [0, 0.05) is 24.8 Å². The Labute approximate surface area is 197 Å². The van der Waals surface area contributed by atoms with E-state index in [2.05, 4.69) is 9.88 Å². The zero-order chi connectivity index (χ0) is 23.3. The predicted molar refractivity (Wildman–Crippen MR) is 131 cm³/mol. The Hall–Kier alpha value is -4.36. The average Bonchev–Trinajstić information content (AvgIpc) is 3.40. The number of para-hydroxylation sites is 1. The first-order valence-electron chi connectivity index (χ1n) is 11.0. The van der Waals surface area contributed by atoms with Gasteiger partial charge in [-0.1, -0.05) is 36.4 Å². The summed E-state index contributed by atoms with van der Waals surface area (Å²) in [6.45, 7) is 1.39. The Bertz CT molecular complexity index is 1280. The Morgan fingerprint density at radius 3 is 2.44 bits per heavy atom. The topological polar surface area (TPSA) is 79.6 Å². The number of hydrogen-bond donors (Lipinski definition) is 2. The summed E-state index contributed by atoms with van der Waals surface area (Å²) in [4.78, 5) is 18.5. The lowest BCUT2D eigenvalue weighted by molar-refractivity contribution is 0.0706. The largest absolute Gasteiger partial charge is 0.487 e. The second-order valence-electron chi connectivity index (χ2n) is 8.04. The van der Waals surface area contributed by atoms with E-state index in [1.165, 1.54) is 0 Å². The highest BCUT2D eigenvalue weighted by atomic mass is 16.5. The van der Waals surface area contributed by atoms with Crippen molar-refractivity contribution in [1.82, 2.24) is 15.0 Å². The molecule has 34 heavy (non-hydrogen) atoms. The molecule has 2 N–H and O–H groups in total. The highest BCUT2D eigenvalue weighted by Gasteiger charge is 2.31. The van der Waals surface area contributed by atoms with Crippen LogP contribution < -0.4 is 15.1 Å². The smallest absolute Gasteiger partial charge is 0.276 e. The molecule has 7 heteroatoms. The molecule has 2 aromatic heterocycles. The third kappa shape index (κ3) is 4.55. The van der Waals surface area contributed by atoms with Crippen molar-refractivity contribution in [3.63, 3.8) is 0 Å². The number of hydrogen-bond acceptors (Lipinski definition) is 5. The van der Waals surface area contributed by atoms with E-state index in [-0.39, 0.29) is 6.10 Å². The first-order chi connectivity index (χ1) is 16.7. The van der Waals surface area contributed by atoms with Crippen LogP contribution in [0.4, 0.5) is 5.69 Å². The van der Waals surface area contributed by atoms with Crippen LogP contribution in [0.15, 0.2) is 91.5 Å². The van der Waals surface area contributed by atoms with Gasteiger partial charge >= 0.3 is 0 Å². The number of nitrogens with zero attached hydrogens (tertiary/aromatic N) is 3. The van der Waals surface area contributed by atoms with Gasteiger partial charge in [-0.3, -0.25) is 15.0 Å². The van der Waals surface area contributed by atoms with Crippen molar-refractivity contribution in [1.29, 1.82) is 0 Å². The number of hydroxylamine groups is 1. The van der Waals surface area contributed by atoms with E-state index in [1.807, 2.05) is 96.0 Å². The SMILES string of the molecule is O=C(NO)c1cccc(N2CC(Oc3ccc(C=Cc4cccnc4)cc3)C2)c1-n1cccc1. The van der Waals surface area contributed by atoms with Crippen LogP contribution in [0.3, 0.4) is 0 Å². The van der Waals surface area contributed by atoms with Gasteiger partial charge in [0.25, 0.3) is 5.91 Å². The molecule has 0 unspecified atom stereocenters. The predicted octanol–water partition coefficient (Wildman–Crippen LogP) is 4.43. The molecule has 0 aliphatic carbocycles. The molecule has 1 aliphatic heterocycles. The number of benzene rings is 2. The van der Waals surface area contributed by atoms with Gasteiger partial charge in [0.15, 0.2) is 0 Å². The highest BCUT2D eigenvalue weighted by molar-refractivity contribution is 5.99. The minimum Gasteiger partial charge on any atom is -0.487 e. The van der Waals surface area contributed by atoms with E-state index in [1.54, 1.807) is 17.7 Å². The normalized spacial score (nSPS) is 13.6. The van der Waals surface area contributed by atoms with E-state index < -0.39 is 5.91 Å². The van der Waals surface area contributed by atoms with Crippen LogP contribution in [-0.4, -0.2) is 39.9 Å². The Morgan fingerprint density at radius 1 is 0.971 bits per heavy atom. The molecule has 0 saturated carbocycles. The van der Waals surface area contributed by atoms with Crippen LogP contribution in [0.5, 0.6) is 5.75 Å². The maximum Gasteiger partial charge on any atom is 0.276 e. The van der Waals surface area contributed by atoms with E-state index in [0.29, 0.717) is 18.7 Å². The first kappa shape index (κ1) is 21.5. The minimum atomic E-state index is -0.545.